The van der Waals surface area contributed by atoms with Crippen LogP contribution in [-0.4, -0.2) is 116 Å². The van der Waals surface area contributed by atoms with Crippen LogP contribution >= 0.6 is 0 Å². The summed E-state index contributed by atoms with van der Waals surface area (Å²) >= 11 is 0. The van der Waals surface area contributed by atoms with Crippen molar-refractivity contribution in [3.63, 3.8) is 0 Å². The number of hydrogen-bond donors (Lipinski definition) is 2. The first-order chi connectivity index (χ1) is 37.3. The monoisotopic (exact) mass is 1030 g/mol. The Kier molecular flexibility index (Phi) is 17.0. The van der Waals surface area contributed by atoms with Gasteiger partial charge in [0.15, 0.2) is 23.0 Å². The van der Waals surface area contributed by atoms with Crippen LogP contribution < -0.4 is 44.3 Å². The number of amides is 3. The van der Waals surface area contributed by atoms with Gasteiger partial charge in [-0.3, -0.25) is 24.3 Å². The van der Waals surface area contributed by atoms with E-state index in [1.807, 2.05) is 64.5 Å². The zero-order valence-corrected chi connectivity index (χ0v) is 44.0. The maximum atomic E-state index is 14.2. The van der Waals surface area contributed by atoms with Crippen molar-refractivity contribution in [2.45, 2.75) is 95.5 Å². The molecule has 0 saturated heterocycles. The lowest BCUT2D eigenvalue weighted by Crippen LogP contribution is -2.39. The highest BCUT2D eigenvalue weighted by Crippen LogP contribution is 2.43. The molecular formula is C60H70N6O10. The van der Waals surface area contributed by atoms with E-state index in [9.17, 15) is 14.4 Å². The molecule has 5 aliphatic rings. The van der Waals surface area contributed by atoms with Gasteiger partial charge in [0.05, 0.1) is 81.8 Å². The summed E-state index contributed by atoms with van der Waals surface area (Å²) in [6, 6.07) is 29.4. The van der Waals surface area contributed by atoms with Gasteiger partial charge in [-0.05, 0) is 90.4 Å². The lowest BCUT2D eigenvalue weighted by Gasteiger charge is -2.27. The Labute approximate surface area is 445 Å². The molecule has 10 rings (SSSR count). The van der Waals surface area contributed by atoms with Gasteiger partial charge < -0.3 is 53.6 Å². The standard InChI is InChI=1S/C60H70N6O10/c1-70-23-24-74-26-25-73-22-21-64(20-12-19-58(67)63-44-15-6-4-5-7-16-44)45-28-40(38-75-56-34-50-48(32-54(56)71-2)59(68)65-46(36-61-50)30-42-13-8-10-17-52(42)65)27-41(29-45)39-76-57-35-51-49(33-55(57)72-3)60(69)66-47(37-62-51)31-43-14-9-11-18-53(43)66/h8-11,13-14,17-18,27-29,32-36,44,46-47,62H,4-7,12,15-16,19-26,30-31,37-39H2,1-3H3,(H,63,67)/t46-,47-/m0/s1. The van der Waals surface area contributed by atoms with E-state index in [1.54, 1.807) is 39.5 Å². The molecule has 0 bridgehead atoms. The fourth-order valence-electron chi connectivity index (χ4n) is 11.2. The second kappa shape index (κ2) is 24.7. The van der Waals surface area contributed by atoms with Crippen LogP contribution in [0.3, 0.4) is 0 Å². The van der Waals surface area contributed by atoms with E-state index in [0.29, 0.717) is 117 Å². The largest absolute Gasteiger partial charge is 0.493 e. The number of hydrogen-bond acceptors (Lipinski definition) is 13. The molecule has 1 saturated carbocycles. The van der Waals surface area contributed by atoms with Crippen LogP contribution in [0.4, 0.5) is 28.4 Å². The number of anilines is 4. The Morgan fingerprint density at radius 1 is 0.684 bits per heavy atom. The zero-order valence-electron chi connectivity index (χ0n) is 44.0. The van der Waals surface area contributed by atoms with Crippen LogP contribution in [0.2, 0.25) is 0 Å². The van der Waals surface area contributed by atoms with Gasteiger partial charge in [0, 0.05) is 81.0 Å². The van der Waals surface area contributed by atoms with Crippen molar-refractivity contribution < 1.29 is 47.5 Å². The Morgan fingerprint density at radius 3 is 2.03 bits per heavy atom. The fourth-order valence-corrected chi connectivity index (χ4v) is 11.2. The summed E-state index contributed by atoms with van der Waals surface area (Å²) in [5.41, 5.74) is 8.82. The van der Waals surface area contributed by atoms with Crippen LogP contribution in [0.1, 0.15) is 94.3 Å². The summed E-state index contributed by atoms with van der Waals surface area (Å²) in [4.78, 5) is 52.6. The van der Waals surface area contributed by atoms with E-state index in [0.717, 1.165) is 71.4 Å². The van der Waals surface area contributed by atoms with Gasteiger partial charge >= 0.3 is 0 Å². The van der Waals surface area contributed by atoms with E-state index < -0.39 is 0 Å². The number of para-hydroxylation sites is 2. The molecule has 3 amide bonds. The van der Waals surface area contributed by atoms with Crippen molar-refractivity contribution >= 4 is 52.4 Å². The average Bonchev–Trinajstić information content (AvgIpc) is 3.85. The number of benzene rings is 5. The summed E-state index contributed by atoms with van der Waals surface area (Å²) in [5, 5.41) is 6.86. The van der Waals surface area contributed by atoms with Crippen molar-refractivity contribution in [3.8, 4) is 23.0 Å². The van der Waals surface area contributed by atoms with E-state index in [2.05, 4.69) is 39.8 Å². The van der Waals surface area contributed by atoms with Crippen LogP contribution in [0.5, 0.6) is 23.0 Å². The first-order valence-electron chi connectivity index (χ1n) is 26.9. The molecular weight excluding hydrogens is 965 g/mol. The van der Waals surface area contributed by atoms with Crippen molar-refractivity contribution in [1.82, 2.24) is 5.32 Å². The van der Waals surface area contributed by atoms with Gasteiger partial charge in [0.1, 0.15) is 13.2 Å². The van der Waals surface area contributed by atoms with Gasteiger partial charge in [0.2, 0.25) is 5.91 Å². The molecule has 16 heteroatoms. The smallest absolute Gasteiger partial charge is 0.261 e. The maximum Gasteiger partial charge on any atom is 0.261 e. The molecule has 16 nitrogen and oxygen atoms in total. The highest BCUT2D eigenvalue weighted by atomic mass is 16.5. The first-order valence-corrected chi connectivity index (χ1v) is 26.9. The molecule has 2 N–H and O–H groups in total. The molecule has 0 spiro atoms. The Morgan fingerprint density at radius 2 is 1.32 bits per heavy atom. The molecule has 5 aromatic rings. The highest BCUT2D eigenvalue weighted by molar-refractivity contribution is 6.15. The van der Waals surface area contributed by atoms with Crippen molar-refractivity contribution in [2.75, 3.05) is 94.0 Å². The number of carbonyl (C=O) groups is 3. The van der Waals surface area contributed by atoms with Crippen molar-refractivity contribution in [1.29, 1.82) is 0 Å². The average molecular weight is 1040 g/mol. The summed E-state index contributed by atoms with van der Waals surface area (Å²) in [7, 11) is 4.79. The van der Waals surface area contributed by atoms with Gasteiger partial charge in [-0.25, -0.2) is 0 Å². The number of carbonyl (C=O) groups excluding carboxylic acids is 3. The number of aliphatic imine (C=N–C) groups is 1. The second-order valence-corrected chi connectivity index (χ2v) is 20.1. The van der Waals surface area contributed by atoms with Gasteiger partial charge in [0.25, 0.3) is 11.8 Å². The Balaban J connectivity index is 0.918. The molecule has 4 heterocycles. The number of methoxy groups -OCH3 is 3. The lowest BCUT2D eigenvalue weighted by atomic mass is 10.1. The molecule has 1 aliphatic carbocycles. The molecule has 1 fully saturated rings. The molecule has 400 valence electrons. The number of fused-ring (bicyclic) bond motifs is 8. The summed E-state index contributed by atoms with van der Waals surface area (Å²) in [6.07, 6.45) is 11.1. The third kappa shape index (κ3) is 11.9. The minimum atomic E-state index is -0.199. The third-order valence-corrected chi connectivity index (χ3v) is 15.0. The lowest BCUT2D eigenvalue weighted by molar-refractivity contribution is -0.121. The summed E-state index contributed by atoms with van der Waals surface area (Å²) in [6.45, 7) is 4.30. The predicted octanol–water partition coefficient (Wildman–Crippen LogP) is 9.25. The van der Waals surface area contributed by atoms with E-state index in [4.69, 9.17) is 38.2 Å². The normalized spacial score (nSPS) is 17.5. The summed E-state index contributed by atoms with van der Waals surface area (Å²) < 4.78 is 42.0. The number of nitrogens with one attached hydrogen (secondary N) is 2. The van der Waals surface area contributed by atoms with Crippen molar-refractivity contribution in [3.05, 3.63) is 124 Å². The van der Waals surface area contributed by atoms with E-state index in [-0.39, 0.29) is 49.1 Å². The van der Waals surface area contributed by atoms with Crippen LogP contribution in [0.15, 0.2) is 96.0 Å². The van der Waals surface area contributed by atoms with Gasteiger partial charge in [-0.15, -0.1) is 0 Å². The van der Waals surface area contributed by atoms with E-state index >= 15 is 0 Å². The molecule has 0 aromatic heterocycles. The minimum absolute atomic E-state index is 0.0219. The molecule has 2 atom stereocenters. The predicted molar refractivity (Wildman–Crippen MR) is 294 cm³/mol. The SMILES string of the molecule is COCCOCCOCCN(CCCC(=O)NC1CCCCCC1)c1cc(COc2cc3c(cc2OC)C(=O)N2c4ccccc4C[C@H]2C=N3)cc(COc2cc3c(cc2OC)C(=O)N2c4ccccc4C[C@H]2CN3)c1. The van der Waals surface area contributed by atoms with Gasteiger partial charge in [-0.1, -0.05) is 62.1 Å². The molecule has 4 aliphatic heterocycles. The second-order valence-electron chi connectivity index (χ2n) is 20.1. The van der Waals surface area contributed by atoms with E-state index in [1.165, 1.54) is 12.8 Å². The Hall–Kier alpha value is -7.14. The van der Waals surface area contributed by atoms with Crippen LogP contribution in [0, 0.1) is 0 Å². The van der Waals surface area contributed by atoms with Gasteiger partial charge in [-0.2, -0.15) is 0 Å². The van der Waals surface area contributed by atoms with Crippen LogP contribution in [0.25, 0.3) is 0 Å². The topological polar surface area (TPSA) is 162 Å². The fraction of sp³-hybridized carbons (Fsp3) is 0.433. The minimum Gasteiger partial charge on any atom is -0.493 e. The first kappa shape index (κ1) is 52.3. The number of nitrogens with zero attached hydrogens (tertiary/aromatic N) is 4. The molecule has 5 aromatic carbocycles. The maximum absolute atomic E-state index is 14.2. The number of ether oxygens (including phenoxy) is 7. The molecule has 76 heavy (non-hydrogen) atoms. The highest BCUT2D eigenvalue weighted by Gasteiger charge is 2.39. The quantitative estimate of drug-likeness (QED) is 0.0472. The zero-order chi connectivity index (χ0) is 52.4. The van der Waals surface area contributed by atoms with Crippen molar-refractivity contribution in [2.24, 2.45) is 4.99 Å². The Bertz CT molecular complexity index is 2900. The number of rotatable bonds is 23. The summed E-state index contributed by atoms with van der Waals surface area (Å²) in [5.74, 6) is 1.62. The molecule has 0 unspecified atom stereocenters. The van der Waals surface area contributed by atoms with Crippen LogP contribution in [-0.2, 0) is 45.1 Å². The molecule has 0 radical (unpaired) electrons. The third-order valence-electron chi connectivity index (χ3n) is 15.0.